The Morgan fingerprint density at radius 3 is 2.54 bits per heavy atom. The van der Waals surface area contributed by atoms with Crippen LogP contribution in [0.1, 0.15) is 19.3 Å². The van der Waals surface area contributed by atoms with Gasteiger partial charge < -0.3 is 10.2 Å². The molecule has 1 saturated heterocycles. The number of carbonyl (C=O) groups excluding carboxylic acids is 1. The molecule has 0 aliphatic carbocycles. The minimum atomic E-state index is -3.41. The summed E-state index contributed by atoms with van der Waals surface area (Å²) < 4.78 is 27.0. The fourth-order valence-corrected chi connectivity index (χ4v) is 5.99. The fourth-order valence-electron chi connectivity index (χ4n) is 3.38. The van der Waals surface area contributed by atoms with Crippen molar-refractivity contribution in [2.45, 2.75) is 23.5 Å². The lowest BCUT2D eigenvalue weighted by Crippen LogP contribution is -2.43. The van der Waals surface area contributed by atoms with E-state index < -0.39 is 10.0 Å². The largest absolute Gasteiger partial charge is 0.375 e. The zero-order chi connectivity index (χ0) is 20.0. The Morgan fingerprint density at radius 2 is 1.89 bits per heavy atom. The highest BCUT2D eigenvalue weighted by atomic mass is 32.2. The summed E-state index contributed by atoms with van der Waals surface area (Å²) in [5, 5.41) is 4.77. The summed E-state index contributed by atoms with van der Waals surface area (Å²) >= 11 is 1.23. The second kappa shape index (κ2) is 9.54. The van der Waals surface area contributed by atoms with E-state index >= 15 is 0 Å². The first-order valence-electron chi connectivity index (χ1n) is 9.56. The molecule has 0 spiro atoms. The molecule has 6 nitrogen and oxygen atoms in total. The lowest BCUT2D eigenvalue weighted by atomic mass is 9.97. The molecule has 2 aromatic rings. The van der Waals surface area contributed by atoms with Gasteiger partial charge in [-0.2, -0.15) is 4.31 Å². The first-order chi connectivity index (χ1) is 13.5. The Morgan fingerprint density at radius 1 is 1.18 bits per heavy atom. The second-order valence-electron chi connectivity index (χ2n) is 7.01. The Bertz CT molecular complexity index is 846. The van der Waals surface area contributed by atoms with Crippen LogP contribution in [0.5, 0.6) is 0 Å². The molecule has 0 radical (unpaired) electrons. The topological polar surface area (TPSA) is 69.7 Å². The normalized spacial score (nSPS) is 16.0. The smallest absolute Gasteiger partial charge is 0.252 e. The fraction of sp³-hybridized carbons (Fsp3) is 0.450. The Labute approximate surface area is 171 Å². The number of para-hydroxylation sites is 1. The lowest BCUT2D eigenvalue weighted by Gasteiger charge is -2.30. The number of anilines is 1. The Kier molecular flexibility index (Phi) is 7.09. The third kappa shape index (κ3) is 5.12. The summed E-state index contributed by atoms with van der Waals surface area (Å²) in [7, 11) is -1.37. The van der Waals surface area contributed by atoms with E-state index in [1.54, 1.807) is 17.5 Å². The predicted octanol–water partition coefficient (Wildman–Crippen LogP) is 2.79. The summed E-state index contributed by atoms with van der Waals surface area (Å²) in [6.07, 6.45) is 2.00. The van der Waals surface area contributed by atoms with E-state index in [1.165, 1.54) is 15.6 Å². The lowest BCUT2D eigenvalue weighted by molar-refractivity contribution is -0.126. The average Bonchev–Trinajstić information content (AvgIpc) is 3.27. The third-order valence-corrected chi connectivity index (χ3v) is 8.35. The Balaban J connectivity index is 1.38. The maximum Gasteiger partial charge on any atom is 0.252 e. The molecule has 1 aromatic carbocycles. The highest BCUT2D eigenvalue weighted by Crippen LogP contribution is 2.26. The number of benzene rings is 1. The SMILES string of the molecule is CN(CCCNC(=O)C1CCN(S(=O)(=O)c2cccs2)CC1)c1ccccc1. The molecule has 8 heteroatoms. The highest BCUT2D eigenvalue weighted by Gasteiger charge is 2.32. The van der Waals surface area contributed by atoms with Crippen molar-refractivity contribution in [2.75, 3.05) is 38.1 Å². The molecule has 1 aliphatic heterocycles. The van der Waals surface area contributed by atoms with Crippen LogP contribution in [0, 0.1) is 5.92 Å². The van der Waals surface area contributed by atoms with Crippen LogP contribution in [-0.2, 0) is 14.8 Å². The van der Waals surface area contributed by atoms with Gasteiger partial charge in [0.05, 0.1) is 0 Å². The molecular formula is C20H27N3O3S2. The highest BCUT2D eigenvalue weighted by molar-refractivity contribution is 7.91. The van der Waals surface area contributed by atoms with Gasteiger partial charge in [-0.3, -0.25) is 4.79 Å². The summed E-state index contributed by atoms with van der Waals surface area (Å²) in [4.78, 5) is 14.6. The number of carbonyl (C=O) groups is 1. The summed E-state index contributed by atoms with van der Waals surface area (Å²) in [6, 6.07) is 13.5. The molecule has 28 heavy (non-hydrogen) atoms. The van der Waals surface area contributed by atoms with Gasteiger partial charge in [0, 0.05) is 44.8 Å². The molecule has 1 amide bonds. The average molecular weight is 422 g/mol. The van der Waals surface area contributed by atoms with Gasteiger partial charge in [0.15, 0.2) is 0 Å². The second-order valence-corrected chi connectivity index (χ2v) is 10.1. The van der Waals surface area contributed by atoms with Crippen molar-refractivity contribution in [3.8, 4) is 0 Å². The summed E-state index contributed by atoms with van der Waals surface area (Å²) in [5.41, 5.74) is 1.16. The van der Waals surface area contributed by atoms with Gasteiger partial charge >= 0.3 is 0 Å². The van der Waals surface area contributed by atoms with Gasteiger partial charge in [0.1, 0.15) is 4.21 Å². The maximum absolute atomic E-state index is 12.5. The number of rotatable bonds is 8. The number of nitrogens with zero attached hydrogens (tertiary/aromatic N) is 2. The monoisotopic (exact) mass is 421 g/mol. The molecule has 1 fully saturated rings. The van der Waals surface area contributed by atoms with Gasteiger partial charge in [-0.1, -0.05) is 24.3 Å². The number of piperidine rings is 1. The number of sulfonamides is 1. The van der Waals surface area contributed by atoms with Crippen LogP contribution in [0.2, 0.25) is 0 Å². The van der Waals surface area contributed by atoms with E-state index in [-0.39, 0.29) is 11.8 Å². The van der Waals surface area contributed by atoms with Crippen LogP contribution in [-0.4, -0.2) is 51.9 Å². The van der Waals surface area contributed by atoms with E-state index in [4.69, 9.17) is 0 Å². The predicted molar refractivity (Wildman–Crippen MR) is 113 cm³/mol. The molecule has 3 rings (SSSR count). The van der Waals surface area contributed by atoms with Crippen molar-refractivity contribution in [2.24, 2.45) is 5.92 Å². The minimum Gasteiger partial charge on any atom is -0.375 e. The van der Waals surface area contributed by atoms with Gasteiger partial charge in [-0.15, -0.1) is 11.3 Å². The molecule has 0 atom stereocenters. The van der Waals surface area contributed by atoms with E-state index in [9.17, 15) is 13.2 Å². The molecular weight excluding hydrogens is 394 g/mol. The molecule has 1 aliphatic rings. The molecule has 1 aromatic heterocycles. The molecule has 1 N–H and O–H groups in total. The molecule has 2 heterocycles. The standard InChI is InChI=1S/C20H27N3O3S2/c1-22(18-7-3-2-4-8-18)13-6-12-21-20(24)17-10-14-23(15-11-17)28(25,26)19-9-5-16-27-19/h2-5,7-9,16-17H,6,10-15H2,1H3,(H,21,24). The van der Waals surface area contributed by atoms with E-state index in [2.05, 4.69) is 22.3 Å². The first-order valence-corrected chi connectivity index (χ1v) is 11.9. The minimum absolute atomic E-state index is 0.0375. The summed E-state index contributed by atoms with van der Waals surface area (Å²) in [6.45, 7) is 2.29. The van der Waals surface area contributed by atoms with E-state index in [0.29, 0.717) is 36.7 Å². The van der Waals surface area contributed by atoms with Crippen LogP contribution in [0.25, 0.3) is 0 Å². The number of nitrogens with one attached hydrogen (secondary N) is 1. The number of amides is 1. The van der Waals surface area contributed by atoms with Crippen LogP contribution in [0.15, 0.2) is 52.1 Å². The van der Waals surface area contributed by atoms with Gasteiger partial charge in [0.25, 0.3) is 10.0 Å². The van der Waals surface area contributed by atoms with Crippen molar-refractivity contribution in [3.05, 3.63) is 47.8 Å². The van der Waals surface area contributed by atoms with Crippen molar-refractivity contribution in [3.63, 3.8) is 0 Å². The van der Waals surface area contributed by atoms with Crippen LogP contribution < -0.4 is 10.2 Å². The van der Waals surface area contributed by atoms with Crippen LogP contribution >= 0.6 is 11.3 Å². The molecule has 0 saturated carbocycles. The van der Waals surface area contributed by atoms with Gasteiger partial charge in [-0.25, -0.2) is 8.42 Å². The van der Waals surface area contributed by atoms with Crippen molar-refractivity contribution in [1.29, 1.82) is 0 Å². The molecule has 152 valence electrons. The maximum atomic E-state index is 12.5. The third-order valence-electron chi connectivity index (χ3n) is 5.08. The zero-order valence-electron chi connectivity index (χ0n) is 16.1. The van der Waals surface area contributed by atoms with Crippen LogP contribution in [0.3, 0.4) is 0 Å². The Hall–Kier alpha value is -1.90. The zero-order valence-corrected chi connectivity index (χ0v) is 17.7. The number of hydrogen-bond acceptors (Lipinski definition) is 5. The van der Waals surface area contributed by atoms with Crippen molar-refractivity contribution in [1.82, 2.24) is 9.62 Å². The number of hydrogen-bond donors (Lipinski definition) is 1. The van der Waals surface area contributed by atoms with E-state index in [0.717, 1.165) is 18.7 Å². The van der Waals surface area contributed by atoms with Gasteiger partial charge in [-0.05, 0) is 42.8 Å². The first kappa shape index (κ1) is 20.8. The van der Waals surface area contributed by atoms with Crippen LogP contribution in [0.4, 0.5) is 5.69 Å². The van der Waals surface area contributed by atoms with Crippen molar-refractivity contribution < 1.29 is 13.2 Å². The quantitative estimate of drug-likeness (QED) is 0.666. The van der Waals surface area contributed by atoms with E-state index in [1.807, 2.05) is 25.2 Å². The molecule has 0 unspecified atom stereocenters. The summed E-state index contributed by atoms with van der Waals surface area (Å²) in [5.74, 6) is -0.0721. The molecule has 0 bridgehead atoms. The number of thiophene rings is 1. The van der Waals surface area contributed by atoms with Gasteiger partial charge in [0.2, 0.25) is 5.91 Å². The van der Waals surface area contributed by atoms with Crippen molar-refractivity contribution >= 4 is 33.0 Å².